The number of hydrogen-bond donors (Lipinski definition) is 1. The van der Waals surface area contributed by atoms with Crippen LogP contribution in [0.15, 0.2) is 85.3 Å². The van der Waals surface area contributed by atoms with E-state index in [4.69, 9.17) is 15.0 Å². The third-order valence-electron chi connectivity index (χ3n) is 4.53. The van der Waals surface area contributed by atoms with Crippen LogP contribution in [-0.4, -0.2) is 28.8 Å². The second-order valence-electron chi connectivity index (χ2n) is 6.86. The maximum Gasteiger partial charge on any atom is 0.331 e. The summed E-state index contributed by atoms with van der Waals surface area (Å²) in [5.41, 5.74) is 9.08. The Bertz CT molecular complexity index is 1170. The van der Waals surface area contributed by atoms with E-state index >= 15 is 0 Å². The van der Waals surface area contributed by atoms with E-state index in [9.17, 15) is 9.59 Å². The molecular formula is C22H23N5O4S. The molecule has 0 saturated carbocycles. The van der Waals surface area contributed by atoms with Crippen molar-refractivity contribution >= 4 is 11.8 Å². The second-order valence-corrected chi connectivity index (χ2v) is 7.93. The van der Waals surface area contributed by atoms with E-state index in [1.165, 1.54) is 16.3 Å². The maximum atomic E-state index is 12.5. The first-order valence-corrected chi connectivity index (χ1v) is 10.7. The number of ether oxygens (including phenoxy) is 2. The molecule has 32 heavy (non-hydrogen) atoms. The third-order valence-corrected chi connectivity index (χ3v) is 5.76. The number of hydrogen-bond acceptors (Lipinski definition) is 6. The number of azide groups is 1. The van der Waals surface area contributed by atoms with Gasteiger partial charge in [-0.05, 0) is 30.2 Å². The average Bonchev–Trinajstić information content (AvgIpc) is 2.81. The van der Waals surface area contributed by atoms with E-state index < -0.39 is 17.4 Å². The lowest BCUT2D eigenvalue weighted by atomic mass is 10.2. The molecule has 0 fully saturated rings. The Morgan fingerprint density at radius 1 is 1.12 bits per heavy atom. The summed E-state index contributed by atoms with van der Waals surface area (Å²) in [5.74, 6) is 0. The molecule has 1 atom stereocenters. The minimum atomic E-state index is -0.577. The van der Waals surface area contributed by atoms with Gasteiger partial charge in [0.05, 0.1) is 30.9 Å². The van der Waals surface area contributed by atoms with Crippen molar-refractivity contribution in [3.8, 4) is 0 Å². The number of nitrogens with one attached hydrogen (secondary N) is 1. The molecule has 2 aromatic carbocycles. The molecule has 10 heteroatoms. The second kappa shape index (κ2) is 11.9. The summed E-state index contributed by atoms with van der Waals surface area (Å²) < 4.78 is 12.9. The third kappa shape index (κ3) is 6.60. The van der Waals surface area contributed by atoms with Gasteiger partial charge in [0.1, 0.15) is 6.73 Å². The summed E-state index contributed by atoms with van der Waals surface area (Å²) in [5, 5.41) is 4.06. The first kappa shape index (κ1) is 23.4. The molecule has 1 aromatic heterocycles. The van der Waals surface area contributed by atoms with Crippen molar-refractivity contribution in [2.75, 3.05) is 13.2 Å². The highest BCUT2D eigenvalue weighted by Gasteiger charge is 2.16. The molecule has 3 aromatic rings. The molecular weight excluding hydrogens is 430 g/mol. The van der Waals surface area contributed by atoms with Crippen molar-refractivity contribution in [3.63, 3.8) is 0 Å². The maximum absolute atomic E-state index is 12.5. The summed E-state index contributed by atoms with van der Waals surface area (Å²) in [6.07, 6.45) is -0.566. The van der Waals surface area contributed by atoms with Crippen molar-refractivity contribution in [2.24, 2.45) is 5.11 Å². The SMILES string of the molecule is Cc1c(Sc2ccccc2)n(COC(CN=[N+]=[N-])COCc2ccccc2)c(=O)[nH]c1=O. The van der Waals surface area contributed by atoms with Crippen molar-refractivity contribution in [2.45, 2.75) is 36.3 Å². The fourth-order valence-electron chi connectivity index (χ4n) is 2.84. The number of benzene rings is 2. The number of nitrogens with zero attached hydrogens (tertiary/aromatic N) is 4. The Hall–Kier alpha value is -3.30. The van der Waals surface area contributed by atoms with Crippen LogP contribution in [0, 0.1) is 6.92 Å². The van der Waals surface area contributed by atoms with Crippen molar-refractivity contribution in [1.29, 1.82) is 0 Å². The van der Waals surface area contributed by atoms with Crippen LogP contribution in [0.1, 0.15) is 11.1 Å². The van der Waals surface area contributed by atoms with E-state index in [-0.39, 0.29) is 19.9 Å². The molecule has 0 radical (unpaired) electrons. The number of aromatic nitrogens is 2. The molecule has 3 rings (SSSR count). The van der Waals surface area contributed by atoms with Crippen molar-refractivity contribution in [1.82, 2.24) is 9.55 Å². The molecule has 1 unspecified atom stereocenters. The zero-order chi connectivity index (χ0) is 22.8. The standard InChI is InChI=1S/C22H23N5O4S/c1-16-20(28)25-22(29)27(21(16)32-19-10-6-3-7-11-19)15-31-18(12-24-26-23)14-30-13-17-8-4-2-5-9-17/h2-11,18H,12-15H2,1H3,(H,25,28,29). The van der Waals surface area contributed by atoms with E-state index in [1.807, 2.05) is 60.7 Å². The van der Waals surface area contributed by atoms with Gasteiger partial charge in [-0.1, -0.05) is 65.4 Å². The zero-order valence-corrected chi connectivity index (χ0v) is 18.3. The van der Waals surface area contributed by atoms with Gasteiger partial charge in [-0.2, -0.15) is 0 Å². The summed E-state index contributed by atoms with van der Waals surface area (Å²) in [6.45, 7) is 2.12. The summed E-state index contributed by atoms with van der Waals surface area (Å²) in [7, 11) is 0. The predicted molar refractivity (Wildman–Crippen MR) is 122 cm³/mol. The van der Waals surface area contributed by atoms with Gasteiger partial charge in [-0.3, -0.25) is 14.3 Å². The molecule has 166 valence electrons. The van der Waals surface area contributed by atoms with Crippen LogP contribution < -0.4 is 11.2 Å². The number of H-pyrrole nitrogens is 1. The average molecular weight is 454 g/mol. The van der Waals surface area contributed by atoms with Gasteiger partial charge in [0.15, 0.2) is 0 Å². The monoisotopic (exact) mass is 453 g/mol. The molecule has 9 nitrogen and oxygen atoms in total. The summed E-state index contributed by atoms with van der Waals surface area (Å²) in [4.78, 5) is 30.7. The molecule has 1 heterocycles. The van der Waals surface area contributed by atoms with Gasteiger partial charge in [-0.15, -0.1) is 0 Å². The lowest BCUT2D eigenvalue weighted by Crippen LogP contribution is -2.35. The first-order chi connectivity index (χ1) is 15.6. The molecule has 0 amide bonds. The minimum absolute atomic E-state index is 0.0452. The van der Waals surface area contributed by atoms with Crippen molar-refractivity contribution < 1.29 is 9.47 Å². The lowest BCUT2D eigenvalue weighted by molar-refractivity contribution is -0.0476. The fourth-order valence-corrected chi connectivity index (χ4v) is 3.85. The van der Waals surface area contributed by atoms with Crippen LogP contribution in [0.25, 0.3) is 10.4 Å². The molecule has 0 aliphatic carbocycles. The van der Waals surface area contributed by atoms with E-state index in [1.54, 1.807) is 6.92 Å². The van der Waals surface area contributed by atoms with E-state index in [2.05, 4.69) is 15.0 Å². The Balaban J connectivity index is 1.74. The highest BCUT2D eigenvalue weighted by molar-refractivity contribution is 7.99. The highest BCUT2D eigenvalue weighted by Crippen LogP contribution is 2.27. The topological polar surface area (TPSA) is 122 Å². The van der Waals surface area contributed by atoms with Crippen molar-refractivity contribution in [3.05, 3.63) is 103 Å². The van der Waals surface area contributed by atoms with Crippen LogP contribution in [0.5, 0.6) is 0 Å². The van der Waals surface area contributed by atoms with Crippen LogP contribution >= 0.6 is 11.8 Å². The normalized spacial score (nSPS) is 11.7. The predicted octanol–water partition coefficient (Wildman–Crippen LogP) is 3.87. The smallest absolute Gasteiger partial charge is 0.331 e. The van der Waals surface area contributed by atoms with Crippen LogP contribution in [-0.2, 0) is 22.8 Å². The number of aromatic amines is 1. The van der Waals surface area contributed by atoms with Crippen LogP contribution in [0.2, 0.25) is 0 Å². The fraction of sp³-hybridized carbons (Fsp3) is 0.273. The van der Waals surface area contributed by atoms with Crippen LogP contribution in [0.3, 0.4) is 0 Å². The summed E-state index contributed by atoms with van der Waals surface area (Å²) >= 11 is 1.30. The molecule has 0 bridgehead atoms. The van der Waals surface area contributed by atoms with E-state index in [0.717, 1.165) is 10.5 Å². The Morgan fingerprint density at radius 3 is 2.50 bits per heavy atom. The van der Waals surface area contributed by atoms with Gasteiger partial charge >= 0.3 is 5.69 Å². The Labute approximate surface area is 188 Å². The highest BCUT2D eigenvalue weighted by atomic mass is 32.2. The Kier molecular flexibility index (Phi) is 8.70. The largest absolute Gasteiger partial charge is 0.374 e. The van der Waals surface area contributed by atoms with Gasteiger partial charge in [0, 0.05) is 15.4 Å². The number of rotatable bonds is 11. The molecule has 1 N–H and O–H groups in total. The lowest BCUT2D eigenvalue weighted by Gasteiger charge is -2.19. The first-order valence-electron chi connectivity index (χ1n) is 9.89. The van der Waals surface area contributed by atoms with Crippen LogP contribution in [0.4, 0.5) is 0 Å². The van der Waals surface area contributed by atoms with Gasteiger partial charge in [0.25, 0.3) is 5.56 Å². The van der Waals surface area contributed by atoms with E-state index in [0.29, 0.717) is 17.2 Å². The zero-order valence-electron chi connectivity index (χ0n) is 17.5. The minimum Gasteiger partial charge on any atom is -0.374 e. The molecule has 0 aliphatic heterocycles. The summed E-state index contributed by atoms with van der Waals surface area (Å²) in [6, 6.07) is 19.1. The Morgan fingerprint density at radius 2 is 1.81 bits per heavy atom. The van der Waals surface area contributed by atoms with Gasteiger partial charge < -0.3 is 9.47 Å². The molecule has 0 saturated heterocycles. The molecule has 0 spiro atoms. The van der Waals surface area contributed by atoms with Gasteiger partial charge in [-0.25, -0.2) is 4.79 Å². The molecule has 0 aliphatic rings. The quantitative estimate of drug-likeness (QED) is 0.204. The van der Waals surface area contributed by atoms with Gasteiger partial charge in [0.2, 0.25) is 0 Å².